The maximum atomic E-state index is 12.3. The third-order valence-electron chi connectivity index (χ3n) is 4.63. The Hall–Kier alpha value is -4.10. The van der Waals surface area contributed by atoms with Gasteiger partial charge in [0.25, 0.3) is 11.8 Å². The Morgan fingerprint density at radius 1 is 1.03 bits per heavy atom. The zero-order chi connectivity index (χ0) is 22.0. The number of rotatable bonds is 4. The summed E-state index contributed by atoms with van der Waals surface area (Å²) < 4.78 is 0. The number of fused-ring (bicyclic) bond motifs is 1. The highest BCUT2D eigenvalue weighted by Gasteiger charge is 2.24. The molecule has 0 unspecified atom stereocenters. The first-order valence-electron chi connectivity index (χ1n) is 9.19. The first kappa shape index (κ1) is 20.2. The fourth-order valence-corrected chi connectivity index (χ4v) is 3.24. The van der Waals surface area contributed by atoms with Crippen molar-refractivity contribution in [2.24, 2.45) is 5.10 Å². The molecular weight excluding hydrogens is 418 g/mol. The van der Waals surface area contributed by atoms with Crippen LogP contribution in [-0.4, -0.2) is 28.2 Å². The van der Waals surface area contributed by atoms with Crippen LogP contribution < -0.4 is 10.7 Å². The highest BCUT2D eigenvalue weighted by atomic mass is 35.5. The molecule has 0 saturated carbocycles. The molecule has 154 valence electrons. The quantitative estimate of drug-likeness (QED) is 0.215. The van der Waals surface area contributed by atoms with Gasteiger partial charge in [0.15, 0.2) is 0 Å². The van der Waals surface area contributed by atoms with Gasteiger partial charge in [0.1, 0.15) is 11.5 Å². The normalized spacial score (nSPS) is 14.0. The molecule has 3 aromatic carbocycles. The van der Waals surface area contributed by atoms with Crippen LogP contribution in [0.15, 0.2) is 65.8 Å². The number of phenols is 2. The van der Waals surface area contributed by atoms with Gasteiger partial charge in [-0.05, 0) is 60.2 Å². The molecule has 3 aromatic rings. The Bertz CT molecular complexity index is 1250. The molecule has 0 aliphatic carbocycles. The van der Waals surface area contributed by atoms with Gasteiger partial charge < -0.3 is 15.5 Å². The maximum Gasteiger partial charge on any atom is 0.271 e. The molecule has 4 rings (SSSR count). The van der Waals surface area contributed by atoms with E-state index in [9.17, 15) is 19.8 Å². The van der Waals surface area contributed by atoms with Crippen molar-refractivity contribution < 1.29 is 19.8 Å². The van der Waals surface area contributed by atoms with Crippen LogP contribution in [0.4, 0.5) is 5.69 Å². The molecule has 1 aliphatic heterocycles. The number of benzene rings is 3. The molecule has 0 spiro atoms. The van der Waals surface area contributed by atoms with Crippen molar-refractivity contribution in [2.75, 3.05) is 5.32 Å². The molecule has 1 aliphatic rings. The number of carbonyl (C=O) groups excluding carboxylic acids is 2. The molecule has 4 N–H and O–H groups in total. The Morgan fingerprint density at radius 2 is 1.81 bits per heavy atom. The van der Waals surface area contributed by atoms with E-state index in [-0.39, 0.29) is 23.0 Å². The molecule has 0 fully saturated rings. The second-order valence-corrected chi connectivity index (χ2v) is 7.20. The van der Waals surface area contributed by atoms with Crippen LogP contribution in [-0.2, 0) is 4.79 Å². The van der Waals surface area contributed by atoms with Crippen LogP contribution in [0.1, 0.15) is 27.0 Å². The molecule has 7 nitrogen and oxygen atoms in total. The zero-order valence-corrected chi connectivity index (χ0v) is 16.7. The topological polar surface area (TPSA) is 111 Å². The summed E-state index contributed by atoms with van der Waals surface area (Å²) in [4.78, 5) is 24.5. The minimum absolute atomic E-state index is 0.0314. The summed E-state index contributed by atoms with van der Waals surface area (Å²) in [7, 11) is 0. The van der Waals surface area contributed by atoms with Crippen molar-refractivity contribution >= 4 is 47.0 Å². The summed E-state index contributed by atoms with van der Waals surface area (Å²) in [5, 5.41) is 26.3. The molecule has 0 atom stereocenters. The smallest absolute Gasteiger partial charge is 0.271 e. The molecule has 1 heterocycles. The molecule has 0 saturated heterocycles. The number of amides is 2. The number of nitrogens with one attached hydrogen (secondary N) is 2. The van der Waals surface area contributed by atoms with Crippen LogP contribution in [0.2, 0.25) is 5.02 Å². The zero-order valence-electron chi connectivity index (χ0n) is 16.0. The maximum absolute atomic E-state index is 12.3. The highest BCUT2D eigenvalue weighted by Crippen LogP contribution is 2.34. The van der Waals surface area contributed by atoms with Gasteiger partial charge in [0, 0.05) is 33.0 Å². The minimum Gasteiger partial charge on any atom is -0.508 e. The molecular formula is C23H16ClN3O4. The van der Waals surface area contributed by atoms with Crippen molar-refractivity contribution in [1.29, 1.82) is 0 Å². The van der Waals surface area contributed by atoms with E-state index >= 15 is 0 Å². The molecule has 0 radical (unpaired) electrons. The van der Waals surface area contributed by atoms with E-state index in [4.69, 9.17) is 11.6 Å². The Labute approximate surface area is 182 Å². The van der Waals surface area contributed by atoms with E-state index in [0.717, 1.165) is 11.1 Å². The van der Waals surface area contributed by atoms with E-state index in [0.29, 0.717) is 21.8 Å². The van der Waals surface area contributed by atoms with E-state index in [2.05, 4.69) is 15.8 Å². The average Bonchev–Trinajstić information content (AvgIpc) is 3.05. The predicted molar refractivity (Wildman–Crippen MR) is 119 cm³/mol. The Kier molecular flexibility index (Phi) is 5.43. The number of phenolic OH excluding ortho intramolecular Hbond substituents is 2. The van der Waals surface area contributed by atoms with Crippen LogP contribution in [0.25, 0.3) is 11.6 Å². The molecule has 8 heteroatoms. The van der Waals surface area contributed by atoms with Gasteiger partial charge in [-0.3, -0.25) is 9.59 Å². The van der Waals surface area contributed by atoms with Gasteiger partial charge in [0.2, 0.25) is 0 Å². The summed E-state index contributed by atoms with van der Waals surface area (Å²) in [6, 6.07) is 15.8. The summed E-state index contributed by atoms with van der Waals surface area (Å²) in [6.45, 7) is 0. The Balaban J connectivity index is 1.47. The lowest BCUT2D eigenvalue weighted by Gasteiger charge is -2.03. The lowest BCUT2D eigenvalue weighted by molar-refractivity contribution is -0.110. The predicted octanol–water partition coefficient (Wildman–Crippen LogP) is 4.01. The third-order valence-corrected chi connectivity index (χ3v) is 4.86. The number of anilines is 1. The standard InChI is InChI=1S/C23H16ClN3O4/c24-16-5-7-20-18(11-16)19(23(31)26-20)9-13-1-3-14(4-2-13)22(30)27-25-12-15-10-17(28)6-8-21(15)29/h1-12,28-29H,(H,26,31)(H,27,30)/b19-9+,25-12+. The van der Waals surface area contributed by atoms with Crippen molar-refractivity contribution in [1.82, 2.24) is 5.43 Å². The summed E-state index contributed by atoms with van der Waals surface area (Å²) in [5.41, 5.74) is 5.63. The fourth-order valence-electron chi connectivity index (χ4n) is 3.07. The summed E-state index contributed by atoms with van der Waals surface area (Å²) in [6.07, 6.45) is 2.95. The van der Waals surface area contributed by atoms with Gasteiger partial charge in [-0.25, -0.2) is 5.43 Å². The number of carbonyl (C=O) groups is 2. The van der Waals surface area contributed by atoms with Gasteiger partial charge in [-0.1, -0.05) is 23.7 Å². The monoisotopic (exact) mass is 433 g/mol. The lowest BCUT2D eigenvalue weighted by Crippen LogP contribution is -2.17. The summed E-state index contributed by atoms with van der Waals surface area (Å²) in [5.74, 6) is -0.780. The fraction of sp³-hybridized carbons (Fsp3) is 0. The number of aromatic hydroxyl groups is 2. The molecule has 31 heavy (non-hydrogen) atoms. The van der Waals surface area contributed by atoms with E-state index < -0.39 is 5.91 Å². The average molecular weight is 434 g/mol. The van der Waals surface area contributed by atoms with Crippen molar-refractivity contribution in [3.63, 3.8) is 0 Å². The molecule has 0 aromatic heterocycles. The van der Waals surface area contributed by atoms with Gasteiger partial charge >= 0.3 is 0 Å². The van der Waals surface area contributed by atoms with Crippen molar-refractivity contribution in [3.05, 3.63) is 87.9 Å². The highest BCUT2D eigenvalue weighted by molar-refractivity contribution is 6.36. The van der Waals surface area contributed by atoms with Crippen molar-refractivity contribution in [2.45, 2.75) is 0 Å². The largest absolute Gasteiger partial charge is 0.508 e. The second-order valence-electron chi connectivity index (χ2n) is 6.77. The third kappa shape index (κ3) is 4.41. The molecule has 0 bridgehead atoms. The number of hydrogen-bond acceptors (Lipinski definition) is 5. The summed E-state index contributed by atoms with van der Waals surface area (Å²) >= 11 is 6.04. The minimum atomic E-state index is -0.453. The van der Waals surface area contributed by atoms with Crippen LogP contribution >= 0.6 is 11.6 Å². The van der Waals surface area contributed by atoms with Gasteiger partial charge in [-0.15, -0.1) is 0 Å². The van der Waals surface area contributed by atoms with Crippen LogP contribution in [0, 0.1) is 0 Å². The lowest BCUT2D eigenvalue weighted by atomic mass is 10.0. The number of halogens is 1. The SMILES string of the molecule is O=C1Nc2ccc(Cl)cc2/C1=C\c1ccc(C(=O)N/N=C/c2cc(O)ccc2O)cc1. The first-order valence-corrected chi connectivity index (χ1v) is 9.57. The number of hydrogen-bond donors (Lipinski definition) is 4. The first-order chi connectivity index (χ1) is 14.9. The van der Waals surface area contributed by atoms with E-state index in [1.165, 1.54) is 24.4 Å². The number of hydrazone groups is 1. The van der Waals surface area contributed by atoms with E-state index in [1.807, 2.05) is 0 Å². The van der Waals surface area contributed by atoms with Gasteiger partial charge in [0.05, 0.1) is 6.21 Å². The van der Waals surface area contributed by atoms with E-state index in [1.54, 1.807) is 48.5 Å². The van der Waals surface area contributed by atoms with Gasteiger partial charge in [-0.2, -0.15) is 5.10 Å². The van der Waals surface area contributed by atoms with Crippen molar-refractivity contribution in [3.8, 4) is 11.5 Å². The van der Waals surface area contributed by atoms with Crippen LogP contribution in [0.3, 0.4) is 0 Å². The number of nitrogens with zero attached hydrogens (tertiary/aromatic N) is 1. The van der Waals surface area contributed by atoms with Crippen LogP contribution in [0.5, 0.6) is 11.5 Å². The Morgan fingerprint density at radius 3 is 2.58 bits per heavy atom. The second kappa shape index (κ2) is 8.33. The molecule has 2 amide bonds.